The lowest BCUT2D eigenvalue weighted by Crippen LogP contribution is -2.27. The average molecular weight is 470 g/mol. The Balaban J connectivity index is 1.29. The standard InChI is InChI=1S/C25H22N6O4/c1-33-21-11-18(7-8-20(21)22-13-26-16-34-22)30-25-28-14-23(35-25)19-6-3-2-5-17(19)12-27-24(32)15-31-10-4-9-29-31/h2-11,13-14,16H,12,15H2,1H3,(H,27,32)(H,28,30). The van der Waals surface area contributed by atoms with Crippen LogP contribution < -0.4 is 15.4 Å². The molecule has 5 rings (SSSR count). The SMILES string of the molecule is COc1cc(Nc2ncc(-c3ccccc3CNC(=O)Cn3cccn3)o2)ccc1-c1cnco1. The first kappa shape index (κ1) is 22.0. The molecule has 2 N–H and O–H groups in total. The number of ether oxygens (including phenoxy) is 1. The fourth-order valence-electron chi connectivity index (χ4n) is 3.61. The second kappa shape index (κ2) is 9.96. The van der Waals surface area contributed by atoms with Crippen LogP contribution in [0.4, 0.5) is 11.7 Å². The van der Waals surface area contributed by atoms with E-state index in [0.29, 0.717) is 29.8 Å². The van der Waals surface area contributed by atoms with Gasteiger partial charge >= 0.3 is 0 Å². The molecule has 0 atom stereocenters. The number of amides is 1. The number of nitrogens with one attached hydrogen (secondary N) is 2. The van der Waals surface area contributed by atoms with Crippen molar-refractivity contribution in [3.05, 3.63) is 85.3 Å². The first-order valence-electron chi connectivity index (χ1n) is 10.8. The zero-order valence-corrected chi connectivity index (χ0v) is 18.8. The maximum absolute atomic E-state index is 12.3. The van der Waals surface area contributed by atoms with Gasteiger partial charge in [0, 0.05) is 36.3 Å². The van der Waals surface area contributed by atoms with Crippen LogP contribution in [-0.4, -0.2) is 32.8 Å². The topological polar surface area (TPSA) is 120 Å². The molecule has 0 spiro atoms. The van der Waals surface area contributed by atoms with Crippen molar-refractivity contribution in [3.63, 3.8) is 0 Å². The van der Waals surface area contributed by atoms with Crippen LogP contribution in [-0.2, 0) is 17.9 Å². The van der Waals surface area contributed by atoms with Crippen LogP contribution >= 0.6 is 0 Å². The van der Waals surface area contributed by atoms with Gasteiger partial charge < -0.3 is 24.2 Å². The summed E-state index contributed by atoms with van der Waals surface area (Å²) in [6.45, 7) is 0.504. The van der Waals surface area contributed by atoms with E-state index in [9.17, 15) is 4.79 Å². The molecule has 10 nitrogen and oxygen atoms in total. The minimum atomic E-state index is -0.133. The summed E-state index contributed by atoms with van der Waals surface area (Å²) in [5.41, 5.74) is 3.26. The van der Waals surface area contributed by atoms with Crippen LogP contribution in [0.2, 0.25) is 0 Å². The zero-order chi connectivity index (χ0) is 24.0. The van der Waals surface area contributed by atoms with E-state index in [0.717, 1.165) is 22.4 Å². The average Bonchev–Trinajstić information content (AvgIpc) is 3.66. The molecule has 3 aromatic heterocycles. The van der Waals surface area contributed by atoms with Gasteiger partial charge in [0.1, 0.15) is 12.3 Å². The van der Waals surface area contributed by atoms with E-state index in [-0.39, 0.29) is 12.5 Å². The highest BCUT2D eigenvalue weighted by atomic mass is 16.5. The second-order valence-electron chi connectivity index (χ2n) is 7.57. The summed E-state index contributed by atoms with van der Waals surface area (Å²) in [4.78, 5) is 20.6. The van der Waals surface area contributed by atoms with E-state index < -0.39 is 0 Å². The third-order valence-electron chi connectivity index (χ3n) is 5.28. The maximum atomic E-state index is 12.3. The monoisotopic (exact) mass is 470 g/mol. The summed E-state index contributed by atoms with van der Waals surface area (Å²) < 4.78 is 18.4. The van der Waals surface area contributed by atoms with E-state index >= 15 is 0 Å². The number of methoxy groups -OCH3 is 1. The van der Waals surface area contributed by atoms with Gasteiger partial charge in [-0.1, -0.05) is 24.3 Å². The van der Waals surface area contributed by atoms with Gasteiger partial charge in [0.2, 0.25) is 5.91 Å². The van der Waals surface area contributed by atoms with Gasteiger partial charge in [-0.3, -0.25) is 9.48 Å². The molecule has 0 radical (unpaired) electrons. The quantitative estimate of drug-likeness (QED) is 0.328. The molecule has 0 bridgehead atoms. The highest BCUT2D eigenvalue weighted by Crippen LogP contribution is 2.34. The number of oxazole rings is 2. The van der Waals surface area contributed by atoms with Crippen LogP contribution in [0.5, 0.6) is 5.75 Å². The third-order valence-corrected chi connectivity index (χ3v) is 5.28. The van der Waals surface area contributed by atoms with Gasteiger partial charge in [-0.05, 0) is 23.8 Å². The van der Waals surface area contributed by atoms with Gasteiger partial charge in [0.15, 0.2) is 17.9 Å². The molecule has 35 heavy (non-hydrogen) atoms. The lowest BCUT2D eigenvalue weighted by atomic mass is 10.1. The number of aromatic nitrogens is 4. The van der Waals surface area contributed by atoms with Crippen molar-refractivity contribution in [2.45, 2.75) is 13.1 Å². The van der Waals surface area contributed by atoms with Crippen molar-refractivity contribution < 1.29 is 18.4 Å². The predicted octanol–water partition coefficient (Wildman–Crippen LogP) is 4.26. The molecule has 0 fully saturated rings. The Hall–Kier alpha value is -4.86. The van der Waals surface area contributed by atoms with Crippen molar-refractivity contribution in [3.8, 4) is 28.4 Å². The van der Waals surface area contributed by atoms with Crippen LogP contribution in [0, 0.1) is 0 Å². The van der Waals surface area contributed by atoms with Crippen LogP contribution in [0.1, 0.15) is 5.56 Å². The van der Waals surface area contributed by atoms with E-state index in [1.807, 2.05) is 42.5 Å². The van der Waals surface area contributed by atoms with E-state index in [1.165, 1.54) is 6.39 Å². The minimum absolute atomic E-state index is 0.133. The minimum Gasteiger partial charge on any atom is -0.496 e. The highest BCUT2D eigenvalue weighted by Gasteiger charge is 2.14. The van der Waals surface area contributed by atoms with Crippen molar-refractivity contribution in [2.75, 3.05) is 12.4 Å². The first-order valence-corrected chi connectivity index (χ1v) is 10.8. The molecule has 0 saturated heterocycles. The Morgan fingerprint density at radius 1 is 1.09 bits per heavy atom. The molecule has 10 heteroatoms. The molecule has 0 saturated carbocycles. The van der Waals surface area contributed by atoms with Crippen molar-refractivity contribution >= 4 is 17.6 Å². The number of carbonyl (C=O) groups excluding carboxylic acids is 1. The molecule has 176 valence electrons. The Morgan fingerprint density at radius 2 is 2.00 bits per heavy atom. The number of benzene rings is 2. The molecule has 0 aliphatic rings. The van der Waals surface area contributed by atoms with Gasteiger partial charge in [0.25, 0.3) is 6.01 Å². The molecule has 2 aromatic carbocycles. The number of hydrogen-bond donors (Lipinski definition) is 2. The molecule has 3 heterocycles. The number of carbonyl (C=O) groups is 1. The number of nitrogens with zero attached hydrogens (tertiary/aromatic N) is 4. The number of rotatable bonds is 9. The Kier molecular flexibility index (Phi) is 6.25. The summed E-state index contributed by atoms with van der Waals surface area (Å²) >= 11 is 0. The van der Waals surface area contributed by atoms with Gasteiger partial charge in [-0.15, -0.1) is 0 Å². The zero-order valence-electron chi connectivity index (χ0n) is 18.8. The molecular weight excluding hydrogens is 448 g/mol. The summed E-state index contributed by atoms with van der Waals surface area (Å²) in [5, 5.41) is 10.1. The summed E-state index contributed by atoms with van der Waals surface area (Å²) in [5.74, 6) is 1.68. The van der Waals surface area contributed by atoms with E-state index in [1.54, 1.807) is 42.6 Å². The molecule has 0 unspecified atom stereocenters. The Morgan fingerprint density at radius 3 is 2.80 bits per heavy atom. The van der Waals surface area contributed by atoms with Gasteiger partial charge in [0.05, 0.1) is 25.1 Å². The van der Waals surface area contributed by atoms with Crippen LogP contribution in [0.15, 0.2) is 88.5 Å². The molecule has 0 aliphatic carbocycles. The predicted molar refractivity (Wildman–Crippen MR) is 128 cm³/mol. The van der Waals surface area contributed by atoms with Gasteiger partial charge in [-0.25, -0.2) is 9.97 Å². The Labute approximate surface area is 200 Å². The largest absolute Gasteiger partial charge is 0.496 e. The maximum Gasteiger partial charge on any atom is 0.299 e. The van der Waals surface area contributed by atoms with E-state index in [2.05, 4.69) is 25.7 Å². The number of anilines is 2. The number of hydrogen-bond acceptors (Lipinski definition) is 8. The van der Waals surface area contributed by atoms with Crippen molar-refractivity contribution in [1.29, 1.82) is 0 Å². The highest BCUT2D eigenvalue weighted by molar-refractivity contribution is 5.76. The van der Waals surface area contributed by atoms with Gasteiger partial charge in [-0.2, -0.15) is 5.10 Å². The fourth-order valence-corrected chi connectivity index (χ4v) is 3.61. The van der Waals surface area contributed by atoms with Crippen LogP contribution in [0.25, 0.3) is 22.6 Å². The molecule has 0 aliphatic heterocycles. The molecular formula is C25H22N6O4. The van der Waals surface area contributed by atoms with Crippen molar-refractivity contribution in [2.24, 2.45) is 0 Å². The first-order chi connectivity index (χ1) is 17.2. The lowest BCUT2D eigenvalue weighted by molar-refractivity contribution is -0.122. The normalized spacial score (nSPS) is 10.8. The van der Waals surface area contributed by atoms with E-state index in [4.69, 9.17) is 13.6 Å². The lowest BCUT2D eigenvalue weighted by Gasteiger charge is -2.10. The molecule has 5 aromatic rings. The smallest absolute Gasteiger partial charge is 0.299 e. The summed E-state index contributed by atoms with van der Waals surface area (Å²) in [7, 11) is 1.59. The fraction of sp³-hybridized carbons (Fsp3) is 0.120. The van der Waals surface area contributed by atoms with Crippen molar-refractivity contribution in [1.82, 2.24) is 25.1 Å². The summed E-state index contributed by atoms with van der Waals surface area (Å²) in [6.07, 6.45) is 8.03. The van der Waals surface area contributed by atoms with Crippen LogP contribution in [0.3, 0.4) is 0 Å². The third kappa shape index (κ3) is 5.06. The Bertz CT molecular complexity index is 1410. The second-order valence-corrected chi connectivity index (χ2v) is 7.57. The molecule has 1 amide bonds. The summed E-state index contributed by atoms with van der Waals surface area (Å²) in [6, 6.07) is 15.3.